The maximum atomic E-state index is 13.0. The Morgan fingerprint density at radius 2 is 1.88 bits per heavy atom. The fourth-order valence-corrected chi connectivity index (χ4v) is 3.33. The van der Waals surface area contributed by atoms with Crippen LogP contribution in [0.4, 0.5) is 0 Å². The first kappa shape index (κ1) is 16.2. The number of Topliss-reactive ketones (excluding diaryl/α,β-unsaturated/α-hetero) is 1. The van der Waals surface area contributed by atoms with Crippen molar-refractivity contribution in [3.63, 3.8) is 0 Å². The number of carbonyl (C=O) groups is 2. The largest absolute Gasteiger partial charge is 0.497 e. The molecule has 0 radical (unpaired) electrons. The summed E-state index contributed by atoms with van der Waals surface area (Å²) in [5.74, 6) is 0.333. The summed E-state index contributed by atoms with van der Waals surface area (Å²) in [5.41, 5.74) is 3.13. The number of ketones is 1. The van der Waals surface area contributed by atoms with Crippen LogP contribution in [0.3, 0.4) is 0 Å². The van der Waals surface area contributed by atoms with Gasteiger partial charge < -0.3 is 9.47 Å². The Balaban J connectivity index is 2.10. The monoisotopic (exact) mass is 324 g/mol. The van der Waals surface area contributed by atoms with Gasteiger partial charge in [0.15, 0.2) is 5.78 Å². The molecular weight excluding hydrogens is 304 g/mol. The van der Waals surface area contributed by atoms with Gasteiger partial charge in [-0.25, -0.2) is 0 Å². The molecular formula is C20H20O4. The molecule has 3 rings (SSSR count). The summed E-state index contributed by atoms with van der Waals surface area (Å²) in [6.07, 6.45) is 0.733. The number of allylic oxidation sites excluding steroid dienone is 1. The lowest BCUT2D eigenvalue weighted by molar-refractivity contribution is -0.142. The molecule has 0 saturated carbocycles. The summed E-state index contributed by atoms with van der Waals surface area (Å²) in [7, 11) is 1.62. The molecule has 0 amide bonds. The molecule has 124 valence electrons. The van der Waals surface area contributed by atoms with Gasteiger partial charge in [0.2, 0.25) is 0 Å². The maximum absolute atomic E-state index is 13.0. The van der Waals surface area contributed by atoms with Gasteiger partial charge in [-0.3, -0.25) is 9.59 Å². The van der Waals surface area contributed by atoms with Crippen LogP contribution < -0.4 is 4.74 Å². The third kappa shape index (κ3) is 2.58. The molecule has 24 heavy (non-hydrogen) atoms. The van der Waals surface area contributed by atoms with Crippen molar-refractivity contribution in [1.29, 1.82) is 0 Å². The van der Waals surface area contributed by atoms with E-state index in [0.29, 0.717) is 24.2 Å². The van der Waals surface area contributed by atoms with Crippen LogP contribution in [0.25, 0.3) is 16.3 Å². The summed E-state index contributed by atoms with van der Waals surface area (Å²) >= 11 is 0. The molecule has 0 aromatic heterocycles. The average molecular weight is 324 g/mol. The highest BCUT2D eigenvalue weighted by Gasteiger charge is 2.31. The minimum absolute atomic E-state index is 0.0299. The number of ether oxygens (including phenoxy) is 2. The number of hydrogen-bond donors (Lipinski definition) is 0. The number of fused-ring (bicyclic) bond motifs is 3. The molecule has 1 aliphatic rings. The van der Waals surface area contributed by atoms with Crippen molar-refractivity contribution in [2.75, 3.05) is 13.7 Å². The van der Waals surface area contributed by atoms with Crippen molar-refractivity contribution in [3.8, 4) is 5.75 Å². The van der Waals surface area contributed by atoms with Gasteiger partial charge in [-0.15, -0.1) is 0 Å². The van der Waals surface area contributed by atoms with Crippen molar-refractivity contribution in [2.45, 2.75) is 26.7 Å². The fourth-order valence-electron chi connectivity index (χ4n) is 3.33. The van der Waals surface area contributed by atoms with Crippen molar-refractivity contribution >= 4 is 28.1 Å². The van der Waals surface area contributed by atoms with E-state index in [1.807, 2.05) is 37.3 Å². The molecule has 0 atom stereocenters. The van der Waals surface area contributed by atoms with E-state index >= 15 is 0 Å². The van der Waals surface area contributed by atoms with Gasteiger partial charge in [-0.05, 0) is 53.5 Å². The highest BCUT2D eigenvalue weighted by molar-refractivity contribution is 6.27. The zero-order valence-corrected chi connectivity index (χ0v) is 14.1. The predicted molar refractivity (Wildman–Crippen MR) is 93.3 cm³/mol. The summed E-state index contributed by atoms with van der Waals surface area (Å²) < 4.78 is 10.3. The smallest absolute Gasteiger partial charge is 0.310 e. The first-order valence-corrected chi connectivity index (χ1v) is 8.14. The van der Waals surface area contributed by atoms with Crippen molar-refractivity contribution < 1.29 is 19.1 Å². The summed E-state index contributed by atoms with van der Waals surface area (Å²) in [4.78, 5) is 24.9. The first-order valence-electron chi connectivity index (χ1n) is 8.14. The molecule has 0 heterocycles. The molecule has 0 saturated heterocycles. The molecule has 0 fully saturated rings. The molecule has 0 unspecified atom stereocenters. The summed E-state index contributed by atoms with van der Waals surface area (Å²) in [6.45, 7) is 4.08. The van der Waals surface area contributed by atoms with E-state index in [1.165, 1.54) is 0 Å². The van der Waals surface area contributed by atoms with Crippen LogP contribution in [0, 0.1) is 0 Å². The van der Waals surface area contributed by atoms with Crippen LogP contribution in [0.2, 0.25) is 0 Å². The van der Waals surface area contributed by atoms with Gasteiger partial charge >= 0.3 is 5.97 Å². The van der Waals surface area contributed by atoms with Crippen LogP contribution in [0.1, 0.15) is 42.6 Å². The Morgan fingerprint density at radius 3 is 2.54 bits per heavy atom. The number of hydrogen-bond acceptors (Lipinski definition) is 4. The second-order valence-corrected chi connectivity index (χ2v) is 5.70. The van der Waals surface area contributed by atoms with E-state index in [0.717, 1.165) is 27.7 Å². The number of rotatable bonds is 5. The van der Waals surface area contributed by atoms with Crippen molar-refractivity contribution in [1.82, 2.24) is 0 Å². The lowest BCUT2D eigenvalue weighted by Gasteiger charge is -2.08. The van der Waals surface area contributed by atoms with Crippen LogP contribution in [0.15, 0.2) is 35.9 Å². The van der Waals surface area contributed by atoms with E-state index in [-0.39, 0.29) is 18.2 Å². The van der Waals surface area contributed by atoms with Gasteiger partial charge in [0.1, 0.15) is 5.75 Å². The van der Waals surface area contributed by atoms with Gasteiger partial charge in [0.05, 0.1) is 20.1 Å². The predicted octanol–water partition coefficient (Wildman–Crippen LogP) is 4.16. The second kappa shape index (κ2) is 6.48. The summed E-state index contributed by atoms with van der Waals surface area (Å²) in [5, 5.41) is 1.84. The molecule has 0 aliphatic heterocycles. The molecule has 2 aromatic carbocycles. The van der Waals surface area contributed by atoms with E-state index in [1.54, 1.807) is 14.0 Å². The number of esters is 1. The lowest BCUT2D eigenvalue weighted by atomic mass is 9.97. The second-order valence-electron chi connectivity index (χ2n) is 5.70. The number of methoxy groups -OCH3 is 1. The SMILES string of the molecule is CCOC(=O)CC1=C(CC)c2ccc3cc(OC)ccc3c2C1=O. The van der Waals surface area contributed by atoms with Crippen LogP contribution >= 0.6 is 0 Å². The first-order chi connectivity index (χ1) is 11.6. The molecule has 0 spiro atoms. The highest BCUT2D eigenvalue weighted by atomic mass is 16.5. The average Bonchev–Trinajstić information content (AvgIpc) is 2.86. The molecule has 0 N–H and O–H groups in total. The Kier molecular flexibility index (Phi) is 4.38. The standard InChI is InChI=1S/C20H20O4/c1-4-14-16-8-6-12-10-13(23-3)7-9-15(12)19(16)20(22)17(14)11-18(21)24-5-2/h6-10H,4-5,11H2,1-3H3. The van der Waals surface area contributed by atoms with E-state index in [4.69, 9.17) is 9.47 Å². The van der Waals surface area contributed by atoms with Gasteiger partial charge in [0, 0.05) is 11.1 Å². The maximum Gasteiger partial charge on any atom is 0.310 e. The van der Waals surface area contributed by atoms with E-state index in [9.17, 15) is 9.59 Å². The third-order valence-corrected chi connectivity index (χ3v) is 4.40. The third-order valence-electron chi connectivity index (χ3n) is 4.40. The zero-order valence-electron chi connectivity index (χ0n) is 14.1. The molecule has 1 aliphatic carbocycles. The molecule has 0 bridgehead atoms. The fraction of sp³-hybridized carbons (Fsp3) is 0.300. The highest BCUT2D eigenvalue weighted by Crippen LogP contribution is 2.40. The molecule has 4 heteroatoms. The van der Waals surface area contributed by atoms with Crippen molar-refractivity contribution in [2.24, 2.45) is 0 Å². The van der Waals surface area contributed by atoms with Gasteiger partial charge in [-0.1, -0.05) is 19.1 Å². The Hall–Kier alpha value is -2.62. The van der Waals surface area contributed by atoms with Crippen LogP contribution in [0.5, 0.6) is 5.75 Å². The zero-order chi connectivity index (χ0) is 17.3. The number of carbonyl (C=O) groups excluding carboxylic acids is 2. The minimum atomic E-state index is -0.356. The summed E-state index contributed by atoms with van der Waals surface area (Å²) in [6, 6.07) is 9.63. The molecule has 4 nitrogen and oxygen atoms in total. The van der Waals surface area contributed by atoms with Gasteiger partial charge in [0.25, 0.3) is 0 Å². The Labute approximate surface area is 141 Å². The Bertz CT molecular complexity index is 861. The van der Waals surface area contributed by atoms with Crippen LogP contribution in [-0.2, 0) is 9.53 Å². The topological polar surface area (TPSA) is 52.6 Å². The minimum Gasteiger partial charge on any atom is -0.497 e. The molecule has 2 aromatic rings. The number of benzene rings is 2. The van der Waals surface area contributed by atoms with Crippen LogP contribution in [-0.4, -0.2) is 25.5 Å². The van der Waals surface area contributed by atoms with E-state index in [2.05, 4.69) is 0 Å². The van der Waals surface area contributed by atoms with E-state index < -0.39 is 0 Å². The Morgan fingerprint density at radius 1 is 1.08 bits per heavy atom. The quantitative estimate of drug-likeness (QED) is 0.775. The van der Waals surface area contributed by atoms with Gasteiger partial charge in [-0.2, -0.15) is 0 Å². The normalized spacial score (nSPS) is 13.4. The van der Waals surface area contributed by atoms with Crippen molar-refractivity contribution in [3.05, 3.63) is 47.0 Å². The lowest BCUT2D eigenvalue weighted by Crippen LogP contribution is -2.09.